The van der Waals surface area contributed by atoms with Crippen molar-refractivity contribution in [1.29, 1.82) is 0 Å². The second kappa shape index (κ2) is 8.52. The van der Waals surface area contributed by atoms with Crippen molar-refractivity contribution < 1.29 is 18.0 Å². The van der Waals surface area contributed by atoms with Gasteiger partial charge in [0.2, 0.25) is 5.91 Å². The molecule has 2 rings (SSSR count). The number of alkyl halides is 3. The molecule has 1 aliphatic rings. The Bertz CT molecular complexity index is 502. The smallest absolute Gasteiger partial charge is 0.339 e. The molecule has 0 atom stereocenters. The van der Waals surface area contributed by atoms with Crippen molar-refractivity contribution in [2.45, 2.75) is 12.7 Å². The van der Waals surface area contributed by atoms with Crippen molar-refractivity contribution in [2.24, 2.45) is 0 Å². The monoisotopic (exact) mass is 351 g/mol. The van der Waals surface area contributed by atoms with Crippen LogP contribution in [0.2, 0.25) is 0 Å². The zero-order chi connectivity index (χ0) is 16.2. The van der Waals surface area contributed by atoms with Crippen molar-refractivity contribution in [2.75, 3.05) is 39.8 Å². The number of amides is 1. The lowest BCUT2D eigenvalue weighted by Gasteiger charge is -2.29. The van der Waals surface area contributed by atoms with Crippen LogP contribution in [0.15, 0.2) is 24.3 Å². The average molecular weight is 352 g/mol. The summed E-state index contributed by atoms with van der Waals surface area (Å²) in [4.78, 5) is 15.7. The molecule has 1 aromatic carbocycles. The SMILES string of the molecule is CN(CC(=O)N1CCNCC1)Cc1ccc(C(F)(F)F)cc1.Cl. The lowest BCUT2D eigenvalue weighted by atomic mass is 10.1. The molecule has 23 heavy (non-hydrogen) atoms. The molecule has 8 heteroatoms. The first kappa shape index (κ1) is 19.7. The molecule has 1 fully saturated rings. The van der Waals surface area contributed by atoms with Gasteiger partial charge in [-0.05, 0) is 24.7 Å². The number of carbonyl (C=O) groups excluding carboxylic acids is 1. The van der Waals surface area contributed by atoms with Crippen molar-refractivity contribution in [3.05, 3.63) is 35.4 Å². The molecule has 0 aromatic heterocycles. The second-order valence-electron chi connectivity index (χ2n) is 5.50. The van der Waals surface area contributed by atoms with Crippen LogP contribution in [-0.4, -0.2) is 55.5 Å². The summed E-state index contributed by atoms with van der Waals surface area (Å²) in [6.07, 6.45) is -4.32. The quantitative estimate of drug-likeness (QED) is 0.901. The summed E-state index contributed by atoms with van der Waals surface area (Å²) in [6, 6.07) is 5.05. The van der Waals surface area contributed by atoms with Gasteiger partial charge >= 0.3 is 6.18 Å². The Labute approximate surface area is 140 Å². The average Bonchev–Trinajstić information content (AvgIpc) is 2.47. The highest BCUT2D eigenvalue weighted by Gasteiger charge is 2.30. The highest BCUT2D eigenvalue weighted by Crippen LogP contribution is 2.29. The summed E-state index contributed by atoms with van der Waals surface area (Å²) >= 11 is 0. The Balaban J connectivity index is 0.00000264. The van der Waals surface area contributed by atoms with Crippen LogP contribution in [-0.2, 0) is 17.5 Å². The van der Waals surface area contributed by atoms with Crippen molar-refractivity contribution in [1.82, 2.24) is 15.1 Å². The van der Waals surface area contributed by atoms with Gasteiger partial charge < -0.3 is 10.2 Å². The molecule has 1 amide bonds. The van der Waals surface area contributed by atoms with Gasteiger partial charge in [-0.3, -0.25) is 9.69 Å². The third kappa shape index (κ3) is 6.01. The number of rotatable bonds is 4. The number of hydrogen-bond donors (Lipinski definition) is 1. The Morgan fingerprint density at radius 2 is 1.78 bits per heavy atom. The molecule has 1 N–H and O–H groups in total. The molecule has 1 heterocycles. The predicted octanol–water partition coefficient (Wildman–Crippen LogP) is 1.99. The summed E-state index contributed by atoms with van der Waals surface area (Å²) in [7, 11) is 1.79. The van der Waals surface area contributed by atoms with Crippen LogP contribution in [0.4, 0.5) is 13.2 Å². The van der Waals surface area contributed by atoms with Gasteiger partial charge in [-0.2, -0.15) is 13.2 Å². The zero-order valence-electron chi connectivity index (χ0n) is 12.9. The maximum absolute atomic E-state index is 12.5. The molecule has 0 aliphatic carbocycles. The standard InChI is InChI=1S/C15H20F3N3O.ClH/c1-20(11-14(22)21-8-6-19-7-9-21)10-12-2-4-13(5-3-12)15(16,17)18;/h2-5,19H,6-11H2,1H3;1H. The molecular weight excluding hydrogens is 331 g/mol. The molecule has 4 nitrogen and oxygen atoms in total. The van der Waals surface area contributed by atoms with E-state index in [0.29, 0.717) is 19.6 Å². The van der Waals surface area contributed by atoms with E-state index in [0.717, 1.165) is 30.8 Å². The molecular formula is C15H21ClF3N3O. The fourth-order valence-electron chi connectivity index (χ4n) is 2.41. The minimum Gasteiger partial charge on any atom is -0.339 e. The van der Waals surface area contributed by atoms with Crippen LogP contribution in [0.25, 0.3) is 0 Å². The molecule has 0 spiro atoms. The number of halogens is 4. The molecule has 0 saturated carbocycles. The van der Waals surface area contributed by atoms with E-state index in [4.69, 9.17) is 0 Å². The minimum absolute atomic E-state index is 0. The third-order valence-corrected chi connectivity index (χ3v) is 3.61. The lowest BCUT2D eigenvalue weighted by Crippen LogP contribution is -2.49. The Morgan fingerprint density at radius 3 is 2.30 bits per heavy atom. The van der Waals surface area contributed by atoms with Gasteiger partial charge in [0.1, 0.15) is 0 Å². The van der Waals surface area contributed by atoms with Gasteiger partial charge in [0, 0.05) is 32.7 Å². The van der Waals surface area contributed by atoms with E-state index in [1.165, 1.54) is 12.1 Å². The molecule has 130 valence electrons. The first-order valence-electron chi connectivity index (χ1n) is 7.19. The van der Waals surface area contributed by atoms with E-state index in [-0.39, 0.29) is 24.9 Å². The number of piperazine rings is 1. The second-order valence-corrected chi connectivity index (χ2v) is 5.50. The topological polar surface area (TPSA) is 35.6 Å². The van der Waals surface area contributed by atoms with Crippen LogP contribution in [0.5, 0.6) is 0 Å². The van der Waals surface area contributed by atoms with Crippen LogP contribution < -0.4 is 5.32 Å². The van der Waals surface area contributed by atoms with Gasteiger partial charge in [0.25, 0.3) is 0 Å². The Hall–Kier alpha value is -1.31. The fourth-order valence-corrected chi connectivity index (χ4v) is 2.41. The van der Waals surface area contributed by atoms with E-state index >= 15 is 0 Å². The van der Waals surface area contributed by atoms with Gasteiger partial charge in [-0.1, -0.05) is 12.1 Å². The first-order chi connectivity index (χ1) is 10.4. The predicted molar refractivity (Wildman–Crippen MR) is 84.5 cm³/mol. The zero-order valence-corrected chi connectivity index (χ0v) is 13.7. The summed E-state index contributed by atoms with van der Waals surface area (Å²) in [6.45, 7) is 3.71. The number of carbonyl (C=O) groups is 1. The molecule has 1 aromatic rings. The first-order valence-corrected chi connectivity index (χ1v) is 7.19. The van der Waals surface area contributed by atoms with E-state index < -0.39 is 11.7 Å². The van der Waals surface area contributed by atoms with Crippen LogP contribution in [0.1, 0.15) is 11.1 Å². The van der Waals surface area contributed by atoms with Gasteiger partial charge in [-0.15, -0.1) is 12.4 Å². The summed E-state index contributed by atoms with van der Waals surface area (Å²) < 4.78 is 37.5. The number of hydrogen-bond acceptors (Lipinski definition) is 3. The van der Waals surface area contributed by atoms with Gasteiger partial charge in [0.05, 0.1) is 12.1 Å². The lowest BCUT2D eigenvalue weighted by molar-refractivity contribution is -0.137. The van der Waals surface area contributed by atoms with E-state index in [2.05, 4.69) is 5.32 Å². The largest absolute Gasteiger partial charge is 0.416 e. The fraction of sp³-hybridized carbons (Fsp3) is 0.533. The highest BCUT2D eigenvalue weighted by molar-refractivity contribution is 5.85. The Morgan fingerprint density at radius 1 is 1.22 bits per heavy atom. The highest BCUT2D eigenvalue weighted by atomic mass is 35.5. The molecule has 0 unspecified atom stereocenters. The van der Waals surface area contributed by atoms with Crippen molar-refractivity contribution >= 4 is 18.3 Å². The molecule has 1 aliphatic heterocycles. The van der Waals surface area contributed by atoms with Gasteiger partial charge in [0.15, 0.2) is 0 Å². The summed E-state index contributed by atoms with van der Waals surface area (Å²) in [5, 5.41) is 3.18. The molecule has 1 saturated heterocycles. The van der Waals surface area contributed by atoms with Gasteiger partial charge in [-0.25, -0.2) is 0 Å². The maximum Gasteiger partial charge on any atom is 0.416 e. The number of nitrogens with zero attached hydrogens (tertiary/aromatic N) is 2. The third-order valence-electron chi connectivity index (χ3n) is 3.61. The Kier molecular flexibility index (Phi) is 7.31. The van der Waals surface area contributed by atoms with Crippen molar-refractivity contribution in [3.63, 3.8) is 0 Å². The van der Waals surface area contributed by atoms with E-state index in [1.807, 2.05) is 4.90 Å². The van der Waals surface area contributed by atoms with Crippen molar-refractivity contribution in [3.8, 4) is 0 Å². The number of benzene rings is 1. The van der Waals surface area contributed by atoms with Crippen LogP contribution in [0, 0.1) is 0 Å². The number of nitrogens with one attached hydrogen (secondary N) is 1. The van der Waals surface area contributed by atoms with E-state index in [1.54, 1.807) is 11.9 Å². The molecule has 0 bridgehead atoms. The molecule has 0 radical (unpaired) electrons. The van der Waals surface area contributed by atoms with Crippen LogP contribution >= 0.6 is 12.4 Å². The summed E-state index contributed by atoms with van der Waals surface area (Å²) in [5.41, 5.74) is 0.0967. The summed E-state index contributed by atoms with van der Waals surface area (Å²) in [5.74, 6) is 0.0518. The normalized spacial score (nSPS) is 15.4. The van der Waals surface area contributed by atoms with E-state index in [9.17, 15) is 18.0 Å². The number of likely N-dealkylation sites (N-methyl/N-ethyl adjacent to an activating group) is 1. The maximum atomic E-state index is 12.5. The van der Waals surface area contributed by atoms with Crippen LogP contribution in [0.3, 0.4) is 0 Å². The minimum atomic E-state index is -4.32.